The van der Waals surface area contributed by atoms with E-state index in [4.69, 9.17) is 4.42 Å². The van der Waals surface area contributed by atoms with Gasteiger partial charge in [-0.1, -0.05) is 18.2 Å². The Labute approximate surface area is 139 Å². The van der Waals surface area contributed by atoms with Gasteiger partial charge >= 0.3 is 0 Å². The average Bonchev–Trinajstić information content (AvgIpc) is 3.26. The van der Waals surface area contributed by atoms with Crippen molar-refractivity contribution in [1.29, 1.82) is 0 Å². The molecule has 3 aromatic rings. The highest BCUT2D eigenvalue weighted by Gasteiger charge is 2.08. The Morgan fingerprint density at radius 3 is 2.75 bits per heavy atom. The van der Waals surface area contributed by atoms with Gasteiger partial charge in [-0.25, -0.2) is 0 Å². The summed E-state index contributed by atoms with van der Waals surface area (Å²) in [6, 6.07) is 11.5. The van der Waals surface area contributed by atoms with Gasteiger partial charge in [0.25, 0.3) is 0 Å². The van der Waals surface area contributed by atoms with E-state index in [1.165, 1.54) is 0 Å². The van der Waals surface area contributed by atoms with E-state index >= 15 is 0 Å². The SMILES string of the molecule is O=C(CCc1c[nH]c2ccccc12)NCC(=O)NCc1ccco1. The van der Waals surface area contributed by atoms with E-state index in [0.717, 1.165) is 16.5 Å². The number of rotatable bonds is 7. The monoisotopic (exact) mass is 325 g/mol. The van der Waals surface area contributed by atoms with Gasteiger partial charge in [-0.05, 0) is 30.2 Å². The molecule has 0 bridgehead atoms. The number of hydrogen-bond donors (Lipinski definition) is 3. The van der Waals surface area contributed by atoms with Crippen molar-refractivity contribution < 1.29 is 14.0 Å². The molecule has 0 fully saturated rings. The summed E-state index contributed by atoms with van der Waals surface area (Å²) in [4.78, 5) is 26.8. The number of aromatic nitrogens is 1. The number of benzene rings is 1. The minimum absolute atomic E-state index is 0.0343. The first-order chi connectivity index (χ1) is 11.7. The van der Waals surface area contributed by atoms with Crippen molar-refractivity contribution in [3.63, 3.8) is 0 Å². The van der Waals surface area contributed by atoms with Crippen LogP contribution in [0.1, 0.15) is 17.7 Å². The summed E-state index contributed by atoms with van der Waals surface area (Å²) in [6.07, 6.45) is 4.44. The van der Waals surface area contributed by atoms with E-state index in [1.807, 2.05) is 30.5 Å². The number of hydrogen-bond acceptors (Lipinski definition) is 3. The second-order valence-corrected chi connectivity index (χ2v) is 5.49. The fraction of sp³-hybridized carbons (Fsp3) is 0.222. The number of amides is 2. The van der Waals surface area contributed by atoms with Gasteiger partial charge in [0.05, 0.1) is 19.4 Å². The molecule has 24 heavy (non-hydrogen) atoms. The maximum atomic E-state index is 11.9. The van der Waals surface area contributed by atoms with Crippen LogP contribution in [0.15, 0.2) is 53.3 Å². The van der Waals surface area contributed by atoms with Crippen molar-refractivity contribution in [2.75, 3.05) is 6.54 Å². The lowest BCUT2D eigenvalue weighted by Gasteiger charge is -2.06. The lowest BCUT2D eigenvalue weighted by Crippen LogP contribution is -2.36. The molecule has 2 heterocycles. The molecule has 3 N–H and O–H groups in total. The third-order valence-corrected chi connectivity index (χ3v) is 3.78. The highest BCUT2D eigenvalue weighted by molar-refractivity contribution is 5.86. The van der Waals surface area contributed by atoms with Gasteiger partial charge in [0.15, 0.2) is 0 Å². The molecule has 0 unspecified atom stereocenters. The number of fused-ring (bicyclic) bond motifs is 1. The van der Waals surface area contributed by atoms with Crippen molar-refractivity contribution in [2.45, 2.75) is 19.4 Å². The third-order valence-electron chi connectivity index (χ3n) is 3.78. The van der Waals surface area contributed by atoms with E-state index in [2.05, 4.69) is 15.6 Å². The Kier molecular flexibility index (Phi) is 4.96. The van der Waals surface area contributed by atoms with Crippen LogP contribution in [0, 0.1) is 0 Å². The molecule has 1 aromatic carbocycles. The van der Waals surface area contributed by atoms with E-state index in [1.54, 1.807) is 18.4 Å². The number of carbonyl (C=O) groups excluding carboxylic acids is 2. The van der Waals surface area contributed by atoms with Crippen LogP contribution in [0.3, 0.4) is 0 Å². The molecule has 6 nitrogen and oxygen atoms in total. The minimum atomic E-state index is -0.244. The first-order valence-electron chi connectivity index (χ1n) is 7.83. The fourth-order valence-corrected chi connectivity index (χ4v) is 2.52. The summed E-state index contributed by atoms with van der Waals surface area (Å²) in [5.74, 6) is 0.286. The van der Waals surface area contributed by atoms with Crippen LogP contribution in [-0.2, 0) is 22.6 Å². The van der Waals surface area contributed by atoms with Gasteiger partial charge < -0.3 is 20.0 Å². The Morgan fingerprint density at radius 2 is 1.92 bits per heavy atom. The number of nitrogens with one attached hydrogen (secondary N) is 3. The summed E-state index contributed by atoms with van der Waals surface area (Å²) >= 11 is 0. The zero-order valence-corrected chi connectivity index (χ0v) is 13.2. The van der Waals surface area contributed by atoms with E-state index < -0.39 is 0 Å². The summed E-state index contributed by atoms with van der Waals surface area (Å²) in [6.45, 7) is 0.282. The number of aryl methyl sites for hydroxylation is 1. The minimum Gasteiger partial charge on any atom is -0.467 e. The zero-order chi connectivity index (χ0) is 16.8. The van der Waals surface area contributed by atoms with Crippen molar-refractivity contribution in [2.24, 2.45) is 0 Å². The van der Waals surface area contributed by atoms with E-state index in [-0.39, 0.29) is 18.4 Å². The van der Waals surface area contributed by atoms with Gasteiger partial charge in [-0.2, -0.15) is 0 Å². The second kappa shape index (κ2) is 7.50. The van der Waals surface area contributed by atoms with Crippen molar-refractivity contribution in [1.82, 2.24) is 15.6 Å². The van der Waals surface area contributed by atoms with E-state index in [0.29, 0.717) is 25.1 Å². The molecule has 0 atom stereocenters. The molecular formula is C18H19N3O3. The van der Waals surface area contributed by atoms with Gasteiger partial charge in [0, 0.05) is 23.5 Å². The molecule has 0 saturated heterocycles. The Hall–Kier alpha value is -3.02. The Balaban J connectivity index is 1.40. The van der Waals surface area contributed by atoms with Crippen molar-refractivity contribution in [3.8, 4) is 0 Å². The molecule has 2 aromatic heterocycles. The van der Waals surface area contributed by atoms with Crippen LogP contribution >= 0.6 is 0 Å². The topological polar surface area (TPSA) is 87.1 Å². The van der Waals surface area contributed by atoms with Crippen LogP contribution < -0.4 is 10.6 Å². The first-order valence-corrected chi connectivity index (χ1v) is 7.83. The second-order valence-electron chi connectivity index (χ2n) is 5.49. The smallest absolute Gasteiger partial charge is 0.239 e. The van der Waals surface area contributed by atoms with Crippen LogP contribution in [0.5, 0.6) is 0 Å². The predicted molar refractivity (Wildman–Crippen MR) is 90.2 cm³/mol. The van der Waals surface area contributed by atoms with Crippen LogP contribution in [0.4, 0.5) is 0 Å². The molecule has 0 aliphatic carbocycles. The number of H-pyrrole nitrogens is 1. The molecule has 0 aliphatic heterocycles. The predicted octanol–water partition coefficient (Wildman–Crippen LogP) is 2.13. The fourth-order valence-electron chi connectivity index (χ4n) is 2.52. The lowest BCUT2D eigenvalue weighted by molar-refractivity contribution is -0.126. The van der Waals surface area contributed by atoms with Crippen molar-refractivity contribution in [3.05, 3.63) is 60.2 Å². The molecule has 0 saturated carbocycles. The standard InChI is InChI=1S/C18H19N3O3/c22-17(21-12-18(23)20-11-14-4-3-9-24-14)8-7-13-10-19-16-6-2-1-5-15(13)16/h1-6,9-10,19H,7-8,11-12H2,(H,20,23)(H,21,22). The van der Waals surface area contributed by atoms with Gasteiger partial charge in [0.1, 0.15) is 5.76 Å². The molecule has 2 amide bonds. The highest BCUT2D eigenvalue weighted by Crippen LogP contribution is 2.18. The maximum Gasteiger partial charge on any atom is 0.239 e. The maximum absolute atomic E-state index is 11.9. The Bertz CT molecular complexity index is 821. The van der Waals surface area contributed by atoms with Crippen LogP contribution in [0.2, 0.25) is 0 Å². The molecule has 0 radical (unpaired) electrons. The molecule has 0 aliphatic rings. The number of furan rings is 1. The van der Waals surface area contributed by atoms with Gasteiger partial charge in [-0.3, -0.25) is 9.59 Å². The number of para-hydroxylation sites is 1. The summed E-state index contributed by atoms with van der Waals surface area (Å²) < 4.78 is 5.12. The van der Waals surface area contributed by atoms with Crippen molar-refractivity contribution >= 4 is 22.7 Å². The summed E-state index contributed by atoms with van der Waals surface area (Å²) in [7, 11) is 0. The third kappa shape index (κ3) is 4.04. The van der Waals surface area contributed by atoms with E-state index in [9.17, 15) is 9.59 Å². The van der Waals surface area contributed by atoms with Gasteiger partial charge in [-0.15, -0.1) is 0 Å². The number of carbonyl (C=O) groups is 2. The lowest BCUT2D eigenvalue weighted by atomic mass is 10.1. The average molecular weight is 325 g/mol. The summed E-state index contributed by atoms with van der Waals surface area (Å²) in [5, 5.41) is 6.44. The number of aromatic amines is 1. The Morgan fingerprint density at radius 1 is 1.04 bits per heavy atom. The zero-order valence-electron chi connectivity index (χ0n) is 13.2. The van der Waals surface area contributed by atoms with Crippen LogP contribution in [-0.4, -0.2) is 23.3 Å². The highest BCUT2D eigenvalue weighted by atomic mass is 16.3. The largest absolute Gasteiger partial charge is 0.467 e. The molecule has 0 spiro atoms. The molecule has 124 valence electrons. The molecule has 3 rings (SSSR count). The molecule has 6 heteroatoms. The van der Waals surface area contributed by atoms with Gasteiger partial charge in [0.2, 0.25) is 11.8 Å². The first kappa shape index (κ1) is 15.9. The normalized spacial score (nSPS) is 10.7. The molecular weight excluding hydrogens is 306 g/mol. The van der Waals surface area contributed by atoms with Crippen LogP contribution in [0.25, 0.3) is 10.9 Å². The quantitative estimate of drug-likeness (QED) is 0.622. The summed E-state index contributed by atoms with van der Waals surface area (Å²) in [5.41, 5.74) is 2.16.